The van der Waals surface area contributed by atoms with Crippen molar-refractivity contribution in [1.82, 2.24) is 10.2 Å². The van der Waals surface area contributed by atoms with Crippen molar-refractivity contribution in [3.8, 4) is 0 Å². The maximum absolute atomic E-state index is 11.9. The molecule has 18 heavy (non-hydrogen) atoms. The third kappa shape index (κ3) is 5.82. The third-order valence-electron chi connectivity index (χ3n) is 3.10. The lowest BCUT2D eigenvalue weighted by Gasteiger charge is -2.19. The largest absolute Gasteiger partial charge is 0.340 e. The molecule has 1 aliphatic rings. The van der Waals surface area contributed by atoms with Crippen molar-refractivity contribution in [3.63, 3.8) is 0 Å². The van der Waals surface area contributed by atoms with Crippen LogP contribution in [0.5, 0.6) is 0 Å². The number of nitrogens with one attached hydrogen (secondary N) is 1. The second kappa shape index (κ2) is 7.74. The number of unbranched alkanes of at least 4 members (excludes halogenated alkanes) is 2. The lowest BCUT2D eigenvalue weighted by atomic mass is 10.3. The predicted octanol–water partition coefficient (Wildman–Crippen LogP) is 0.413. The number of amides is 1. The van der Waals surface area contributed by atoms with Crippen LogP contribution in [0.3, 0.4) is 0 Å². The smallest absolute Gasteiger partial charge is 0.237 e. The van der Waals surface area contributed by atoms with Gasteiger partial charge in [0.2, 0.25) is 5.91 Å². The molecule has 1 aliphatic heterocycles. The van der Waals surface area contributed by atoms with E-state index >= 15 is 0 Å². The fraction of sp³-hybridized carbons (Fsp3) is 0.917. The van der Waals surface area contributed by atoms with Gasteiger partial charge in [0.25, 0.3) is 0 Å². The van der Waals surface area contributed by atoms with Gasteiger partial charge >= 0.3 is 0 Å². The first-order chi connectivity index (χ1) is 8.55. The molecule has 0 aromatic heterocycles. The van der Waals surface area contributed by atoms with Gasteiger partial charge in [0.1, 0.15) is 5.75 Å². The van der Waals surface area contributed by atoms with Gasteiger partial charge in [-0.25, -0.2) is 8.42 Å². The predicted molar refractivity (Wildman–Crippen MR) is 72.2 cm³/mol. The quantitative estimate of drug-likeness (QED) is 0.714. The fourth-order valence-corrected chi connectivity index (χ4v) is 3.37. The van der Waals surface area contributed by atoms with Crippen molar-refractivity contribution in [2.24, 2.45) is 0 Å². The summed E-state index contributed by atoms with van der Waals surface area (Å²) < 4.78 is 23.6. The Bertz CT molecular complexity index is 346. The molecular weight excluding hydrogens is 252 g/mol. The van der Waals surface area contributed by atoms with Gasteiger partial charge in [-0.15, -0.1) is 0 Å². The average Bonchev–Trinajstić information content (AvgIpc) is 2.57. The summed E-state index contributed by atoms with van der Waals surface area (Å²) in [5, 5.41) is 3.19. The molecular formula is C12H24N2O3S. The first kappa shape index (κ1) is 15.4. The molecule has 0 bridgehead atoms. The molecule has 0 atom stereocenters. The first-order valence-electron chi connectivity index (χ1n) is 6.74. The van der Waals surface area contributed by atoms with Gasteiger partial charge in [0, 0.05) is 19.6 Å². The molecule has 0 aliphatic carbocycles. The number of hydrogen-bond acceptors (Lipinski definition) is 4. The SMILES string of the molecule is CCCCCS(=O)(=O)CC(=O)N1CCCNCC1. The van der Waals surface area contributed by atoms with Crippen LogP contribution < -0.4 is 5.32 Å². The van der Waals surface area contributed by atoms with Gasteiger partial charge in [-0.1, -0.05) is 19.8 Å². The highest BCUT2D eigenvalue weighted by molar-refractivity contribution is 7.92. The number of rotatable bonds is 6. The number of carbonyl (C=O) groups excluding carboxylic acids is 1. The monoisotopic (exact) mass is 276 g/mol. The Balaban J connectivity index is 2.41. The zero-order valence-electron chi connectivity index (χ0n) is 11.2. The van der Waals surface area contributed by atoms with Crippen LogP contribution in [0.2, 0.25) is 0 Å². The molecule has 1 saturated heterocycles. The minimum atomic E-state index is -3.23. The fourth-order valence-electron chi connectivity index (χ4n) is 2.02. The highest BCUT2D eigenvalue weighted by atomic mass is 32.2. The van der Waals surface area contributed by atoms with Gasteiger partial charge in [0.15, 0.2) is 9.84 Å². The second-order valence-electron chi connectivity index (χ2n) is 4.78. The van der Waals surface area contributed by atoms with Crippen LogP contribution in [0.15, 0.2) is 0 Å². The molecule has 0 aromatic carbocycles. The van der Waals surface area contributed by atoms with Crippen molar-refractivity contribution in [3.05, 3.63) is 0 Å². The van der Waals surface area contributed by atoms with Crippen LogP contribution in [0.1, 0.15) is 32.6 Å². The van der Waals surface area contributed by atoms with E-state index in [1.165, 1.54) is 0 Å². The number of carbonyl (C=O) groups is 1. The van der Waals surface area contributed by atoms with Crippen molar-refractivity contribution < 1.29 is 13.2 Å². The summed E-state index contributed by atoms with van der Waals surface area (Å²) >= 11 is 0. The van der Waals surface area contributed by atoms with Crippen LogP contribution in [0.25, 0.3) is 0 Å². The molecule has 0 aromatic rings. The molecule has 1 amide bonds. The standard InChI is InChI=1S/C12H24N2O3S/c1-2-3-4-10-18(16,17)11-12(15)14-8-5-6-13-7-9-14/h13H,2-11H2,1H3. The van der Waals surface area contributed by atoms with E-state index in [2.05, 4.69) is 5.32 Å². The Kier molecular flexibility index (Phi) is 6.63. The van der Waals surface area contributed by atoms with E-state index in [4.69, 9.17) is 0 Å². The van der Waals surface area contributed by atoms with Gasteiger partial charge in [-0.3, -0.25) is 4.79 Å². The summed E-state index contributed by atoms with van der Waals surface area (Å²) in [7, 11) is -3.23. The minimum absolute atomic E-state index is 0.138. The van der Waals surface area contributed by atoms with E-state index in [9.17, 15) is 13.2 Å². The van der Waals surface area contributed by atoms with Gasteiger partial charge in [0.05, 0.1) is 5.75 Å². The normalized spacial score (nSPS) is 17.5. The maximum atomic E-state index is 11.9. The first-order valence-corrected chi connectivity index (χ1v) is 8.56. The Morgan fingerprint density at radius 3 is 2.72 bits per heavy atom. The van der Waals surface area contributed by atoms with Gasteiger partial charge < -0.3 is 10.2 Å². The van der Waals surface area contributed by atoms with Crippen LogP contribution >= 0.6 is 0 Å². The van der Waals surface area contributed by atoms with Crippen molar-refractivity contribution in [2.45, 2.75) is 32.6 Å². The number of hydrogen-bond donors (Lipinski definition) is 1. The minimum Gasteiger partial charge on any atom is -0.340 e. The molecule has 0 spiro atoms. The zero-order valence-corrected chi connectivity index (χ0v) is 12.0. The topological polar surface area (TPSA) is 66.5 Å². The van der Waals surface area contributed by atoms with E-state index in [1.807, 2.05) is 6.92 Å². The molecule has 1 N–H and O–H groups in total. The Labute approximate surface area is 110 Å². The summed E-state index contributed by atoms with van der Waals surface area (Å²) in [4.78, 5) is 13.6. The van der Waals surface area contributed by atoms with E-state index in [-0.39, 0.29) is 17.4 Å². The van der Waals surface area contributed by atoms with Crippen LogP contribution in [0.4, 0.5) is 0 Å². The van der Waals surface area contributed by atoms with Crippen molar-refractivity contribution in [2.75, 3.05) is 37.7 Å². The Morgan fingerprint density at radius 2 is 2.00 bits per heavy atom. The molecule has 1 rings (SSSR count). The lowest BCUT2D eigenvalue weighted by molar-refractivity contribution is -0.128. The molecule has 0 unspecified atom stereocenters. The second-order valence-corrected chi connectivity index (χ2v) is 6.97. The van der Waals surface area contributed by atoms with E-state index in [0.29, 0.717) is 19.5 Å². The van der Waals surface area contributed by atoms with E-state index < -0.39 is 9.84 Å². The molecule has 6 heteroatoms. The summed E-state index contributed by atoms with van der Waals surface area (Å²) in [6, 6.07) is 0. The molecule has 1 heterocycles. The van der Waals surface area contributed by atoms with Crippen molar-refractivity contribution >= 4 is 15.7 Å². The molecule has 0 radical (unpaired) electrons. The zero-order chi connectivity index (χ0) is 13.4. The lowest BCUT2D eigenvalue weighted by Crippen LogP contribution is -2.38. The molecule has 1 fully saturated rings. The van der Waals surface area contributed by atoms with Crippen molar-refractivity contribution in [1.29, 1.82) is 0 Å². The third-order valence-corrected chi connectivity index (χ3v) is 4.69. The number of sulfone groups is 1. The number of nitrogens with zero attached hydrogens (tertiary/aromatic N) is 1. The average molecular weight is 276 g/mol. The highest BCUT2D eigenvalue weighted by Gasteiger charge is 2.21. The summed E-state index contributed by atoms with van der Waals surface area (Å²) in [5.74, 6) is -0.426. The Hall–Kier alpha value is -0.620. The maximum Gasteiger partial charge on any atom is 0.237 e. The van der Waals surface area contributed by atoms with Crippen LogP contribution in [-0.4, -0.2) is 56.9 Å². The van der Waals surface area contributed by atoms with Gasteiger partial charge in [-0.05, 0) is 19.4 Å². The van der Waals surface area contributed by atoms with Crippen LogP contribution in [-0.2, 0) is 14.6 Å². The highest BCUT2D eigenvalue weighted by Crippen LogP contribution is 2.03. The van der Waals surface area contributed by atoms with Crippen LogP contribution in [0, 0.1) is 0 Å². The summed E-state index contributed by atoms with van der Waals surface area (Å²) in [6.45, 7) is 4.95. The summed E-state index contributed by atoms with van der Waals surface area (Å²) in [6.07, 6.45) is 3.44. The summed E-state index contributed by atoms with van der Waals surface area (Å²) in [5.41, 5.74) is 0. The molecule has 106 valence electrons. The molecule has 0 saturated carbocycles. The van der Waals surface area contributed by atoms with E-state index in [0.717, 1.165) is 32.4 Å². The van der Waals surface area contributed by atoms with E-state index in [1.54, 1.807) is 4.90 Å². The molecule has 5 nitrogen and oxygen atoms in total. The van der Waals surface area contributed by atoms with Gasteiger partial charge in [-0.2, -0.15) is 0 Å². The Morgan fingerprint density at radius 1 is 1.22 bits per heavy atom.